The van der Waals surface area contributed by atoms with Gasteiger partial charge in [-0.3, -0.25) is 4.98 Å². The van der Waals surface area contributed by atoms with E-state index >= 15 is 0 Å². The lowest BCUT2D eigenvalue weighted by molar-refractivity contribution is 0.172. The monoisotopic (exact) mass is 234 g/mol. The number of pyridine rings is 1. The standard InChI is InChI=1S/C12H14N2OS/c1-8-4-3-5-11(13-8)12(15)6-10-7-16-9(2)14-10/h3-5,7,12,15H,6H2,1-2H3. The van der Waals surface area contributed by atoms with Crippen molar-refractivity contribution >= 4 is 11.3 Å². The summed E-state index contributed by atoms with van der Waals surface area (Å²) in [6.07, 6.45) is -0.0396. The van der Waals surface area contributed by atoms with Crippen LogP contribution in [0.5, 0.6) is 0 Å². The summed E-state index contributed by atoms with van der Waals surface area (Å²) in [5.41, 5.74) is 2.56. The smallest absolute Gasteiger partial charge is 0.101 e. The first-order valence-corrected chi connectivity index (χ1v) is 6.06. The summed E-state index contributed by atoms with van der Waals surface area (Å²) >= 11 is 1.60. The Hall–Kier alpha value is -1.26. The fourth-order valence-electron chi connectivity index (χ4n) is 1.55. The molecule has 0 aliphatic rings. The van der Waals surface area contributed by atoms with Crippen LogP contribution in [0.1, 0.15) is 28.2 Å². The van der Waals surface area contributed by atoms with Gasteiger partial charge in [-0.25, -0.2) is 4.98 Å². The van der Waals surface area contributed by atoms with Gasteiger partial charge >= 0.3 is 0 Å². The van der Waals surface area contributed by atoms with Crippen LogP contribution in [0.4, 0.5) is 0 Å². The summed E-state index contributed by atoms with van der Waals surface area (Å²) in [4.78, 5) is 8.63. The molecule has 0 bridgehead atoms. The van der Waals surface area contributed by atoms with E-state index in [2.05, 4.69) is 9.97 Å². The molecule has 2 aromatic rings. The maximum atomic E-state index is 10.0. The Labute approximate surface area is 98.8 Å². The molecule has 1 atom stereocenters. The molecule has 0 saturated heterocycles. The Balaban J connectivity index is 2.11. The van der Waals surface area contributed by atoms with Gasteiger partial charge < -0.3 is 5.11 Å². The summed E-state index contributed by atoms with van der Waals surface area (Å²) in [6.45, 7) is 3.88. The lowest BCUT2D eigenvalue weighted by atomic mass is 10.1. The Kier molecular flexibility index (Phi) is 3.31. The number of aliphatic hydroxyl groups is 1. The Morgan fingerprint density at radius 3 is 2.75 bits per heavy atom. The first kappa shape index (κ1) is 11.2. The first-order valence-electron chi connectivity index (χ1n) is 5.18. The van der Waals surface area contributed by atoms with E-state index < -0.39 is 6.10 Å². The molecule has 0 fully saturated rings. The van der Waals surface area contributed by atoms with E-state index in [1.165, 1.54) is 0 Å². The molecule has 2 heterocycles. The molecule has 1 unspecified atom stereocenters. The number of rotatable bonds is 3. The van der Waals surface area contributed by atoms with Crippen molar-refractivity contribution < 1.29 is 5.11 Å². The van der Waals surface area contributed by atoms with Crippen molar-refractivity contribution in [3.05, 3.63) is 45.7 Å². The number of hydrogen-bond donors (Lipinski definition) is 1. The van der Waals surface area contributed by atoms with Gasteiger partial charge in [-0.1, -0.05) is 6.07 Å². The zero-order valence-corrected chi connectivity index (χ0v) is 10.2. The van der Waals surface area contributed by atoms with Crippen LogP contribution in [0.2, 0.25) is 0 Å². The molecule has 0 aromatic carbocycles. The van der Waals surface area contributed by atoms with Crippen molar-refractivity contribution in [2.24, 2.45) is 0 Å². The quantitative estimate of drug-likeness (QED) is 0.887. The lowest BCUT2D eigenvalue weighted by Crippen LogP contribution is -2.05. The van der Waals surface area contributed by atoms with Gasteiger partial charge in [-0.2, -0.15) is 0 Å². The third-order valence-electron chi connectivity index (χ3n) is 2.32. The van der Waals surface area contributed by atoms with Crippen molar-refractivity contribution in [2.75, 3.05) is 0 Å². The van der Waals surface area contributed by atoms with Gasteiger partial charge in [0.2, 0.25) is 0 Å². The number of thiazole rings is 1. The molecule has 0 aliphatic heterocycles. The zero-order valence-electron chi connectivity index (χ0n) is 9.34. The zero-order chi connectivity index (χ0) is 11.5. The van der Waals surface area contributed by atoms with Crippen molar-refractivity contribution in [1.82, 2.24) is 9.97 Å². The molecule has 3 nitrogen and oxygen atoms in total. The van der Waals surface area contributed by atoms with E-state index in [0.29, 0.717) is 12.1 Å². The van der Waals surface area contributed by atoms with Crippen LogP contribution >= 0.6 is 11.3 Å². The fourth-order valence-corrected chi connectivity index (χ4v) is 2.18. The Morgan fingerprint density at radius 1 is 1.31 bits per heavy atom. The minimum Gasteiger partial charge on any atom is -0.386 e. The average Bonchev–Trinajstić information content (AvgIpc) is 2.64. The molecule has 16 heavy (non-hydrogen) atoms. The predicted molar refractivity (Wildman–Crippen MR) is 64.5 cm³/mol. The average molecular weight is 234 g/mol. The van der Waals surface area contributed by atoms with Gasteiger partial charge in [0.1, 0.15) is 6.10 Å². The molecule has 0 radical (unpaired) electrons. The van der Waals surface area contributed by atoms with E-state index in [1.807, 2.05) is 37.4 Å². The van der Waals surface area contributed by atoms with Crippen LogP contribution in [-0.2, 0) is 6.42 Å². The minimum atomic E-state index is -0.568. The molecule has 84 valence electrons. The van der Waals surface area contributed by atoms with E-state index in [4.69, 9.17) is 0 Å². The molecular formula is C12H14N2OS. The molecule has 2 aromatic heterocycles. The molecule has 1 N–H and O–H groups in total. The number of hydrogen-bond acceptors (Lipinski definition) is 4. The van der Waals surface area contributed by atoms with Crippen LogP contribution in [0.15, 0.2) is 23.6 Å². The Bertz CT molecular complexity index is 481. The number of nitrogens with zero attached hydrogens (tertiary/aromatic N) is 2. The van der Waals surface area contributed by atoms with Crippen molar-refractivity contribution in [3.63, 3.8) is 0 Å². The van der Waals surface area contributed by atoms with Crippen molar-refractivity contribution in [3.8, 4) is 0 Å². The highest BCUT2D eigenvalue weighted by atomic mass is 32.1. The van der Waals surface area contributed by atoms with E-state index in [0.717, 1.165) is 16.4 Å². The van der Waals surface area contributed by atoms with Crippen LogP contribution in [0, 0.1) is 13.8 Å². The minimum absolute atomic E-state index is 0.529. The van der Waals surface area contributed by atoms with E-state index in [1.54, 1.807) is 11.3 Å². The summed E-state index contributed by atoms with van der Waals surface area (Å²) in [5, 5.41) is 13.0. The number of aromatic nitrogens is 2. The maximum Gasteiger partial charge on any atom is 0.101 e. The normalized spacial score (nSPS) is 12.7. The maximum absolute atomic E-state index is 10.0. The summed E-state index contributed by atoms with van der Waals surface area (Å²) in [7, 11) is 0. The molecule has 4 heteroatoms. The number of aryl methyl sites for hydroxylation is 2. The fraction of sp³-hybridized carbons (Fsp3) is 0.333. The van der Waals surface area contributed by atoms with Crippen LogP contribution < -0.4 is 0 Å². The van der Waals surface area contributed by atoms with E-state index in [9.17, 15) is 5.11 Å². The first-order chi connectivity index (χ1) is 7.65. The predicted octanol–water partition coefficient (Wildman–Crippen LogP) is 2.43. The van der Waals surface area contributed by atoms with Crippen LogP contribution in [-0.4, -0.2) is 15.1 Å². The highest BCUT2D eigenvalue weighted by Gasteiger charge is 2.11. The summed E-state index contributed by atoms with van der Waals surface area (Å²) in [6, 6.07) is 5.67. The second-order valence-electron chi connectivity index (χ2n) is 3.78. The van der Waals surface area contributed by atoms with Gasteiger partial charge in [-0.15, -0.1) is 11.3 Å². The lowest BCUT2D eigenvalue weighted by Gasteiger charge is -2.08. The highest BCUT2D eigenvalue weighted by Crippen LogP contribution is 2.18. The van der Waals surface area contributed by atoms with Gasteiger partial charge in [0.15, 0.2) is 0 Å². The summed E-state index contributed by atoms with van der Waals surface area (Å²) in [5.74, 6) is 0. The highest BCUT2D eigenvalue weighted by molar-refractivity contribution is 7.09. The molecule has 0 spiro atoms. The van der Waals surface area contributed by atoms with Crippen molar-refractivity contribution in [2.45, 2.75) is 26.4 Å². The molecular weight excluding hydrogens is 220 g/mol. The Morgan fingerprint density at radius 2 is 2.12 bits per heavy atom. The van der Waals surface area contributed by atoms with Crippen LogP contribution in [0.25, 0.3) is 0 Å². The molecule has 0 saturated carbocycles. The SMILES string of the molecule is Cc1cccc(C(O)Cc2csc(C)n2)n1. The van der Waals surface area contributed by atoms with Gasteiger partial charge in [0, 0.05) is 17.5 Å². The molecule has 0 aliphatic carbocycles. The topological polar surface area (TPSA) is 46.0 Å². The molecule has 2 rings (SSSR count). The third kappa shape index (κ3) is 2.65. The van der Waals surface area contributed by atoms with Crippen molar-refractivity contribution in [1.29, 1.82) is 0 Å². The van der Waals surface area contributed by atoms with Gasteiger partial charge in [0.05, 0.1) is 16.4 Å². The van der Waals surface area contributed by atoms with Gasteiger partial charge in [-0.05, 0) is 26.0 Å². The number of aliphatic hydroxyl groups excluding tert-OH is 1. The van der Waals surface area contributed by atoms with Gasteiger partial charge in [0.25, 0.3) is 0 Å². The molecule has 0 amide bonds. The summed E-state index contributed by atoms with van der Waals surface area (Å²) < 4.78 is 0. The van der Waals surface area contributed by atoms with Crippen LogP contribution in [0.3, 0.4) is 0 Å². The second-order valence-corrected chi connectivity index (χ2v) is 4.84. The largest absolute Gasteiger partial charge is 0.386 e. The third-order valence-corrected chi connectivity index (χ3v) is 3.14. The van der Waals surface area contributed by atoms with E-state index in [-0.39, 0.29) is 0 Å². The second kappa shape index (κ2) is 4.72.